The van der Waals surface area contributed by atoms with Crippen LogP contribution < -0.4 is 10.1 Å². The SMILES string of the molecule is COc1ccc(Cl)cc1NCc1cccs1. The second-order valence-electron chi connectivity index (χ2n) is 3.28. The molecule has 1 aromatic carbocycles. The number of ether oxygens (including phenoxy) is 1. The largest absolute Gasteiger partial charge is 0.495 e. The molecule has 2 aromatic rings. The number of anilines is 1. The fraction of sp³-hybridized carbons (Fsp3) is 0.167. The summed E-state index contributed by atoms with van der Waals surface area (Å²) < 4.78 is 5.25. The summed E-state index contributed by atoms with van der Waals surface area (Å²) in [6, 6.07) is 9.68. The van der Waals surface area contributed by atoms with Crippen LogP contribution >= 0.6 is 22.9 Å². The lowest BCUT2D eigenvalue weighted by atomic mass is 10.3. The molecule has 1 N–H and O–H groups in total. The lowest BCUT2D eigenvalue weighted by Crippen LogP contribution is -1.99. The van der Waals surface area contributed by atoms with Gasteiger partial charge in [-0.25, -0.2) is 0 Å². The Bertz CT molecular complexity index is 456. The maximum Gasteiger partial charge on any atom is 0.142 e. The van der Waals surface area contributed by atoms with Gasteiger partial charge in [-0.05, 0) is 29.6 Å². The number of nitrogens with one attached hydrogen (secondary N) is 1. The van der Waals surface area contributed by atoms with E-state index >= 15 is 0 Å². The summed E-state index contributed by atoms with van der Waals surface area (Å²) in [5.74, 6) is 0.806. The first-order valence-electron chi connectivity index (χ1n) is 4.89. The van der Waals surface area contributed by atoms with Gasteiger partial charge in [0.05, 0.1) is 12.8 Å². The summed E-state index contributed by atoms with van der Waals surface area (Å²) in [6.45, 7) is 0.786. The third-order valence-corrected chi connectivity index (χ3v) is 3.31. The number of thiophene rings is 1. The molecule has 4 heteroatoms. The van der Waals surface area contributed by atoms with Crippen molar-refractivity contribution >= 4 is 28.6 Å². The van der Waals surface area contributed by atoms with Crippen LogP contribution in [0.5, 0.6) is 5.75 Å². The topological polar surface area (TPSA) is 21.3 Å². The van der Waals surface area contributed by atoms with Crippen LogP contribution in [-0.4, -0.2) is 7.11 Å². The summed E-state index contributed by atoms with van der Waals surface area (Å²) in [7, 11) is 1.65. The monoisotopic (exact) mass is 253 g/mol. The van der Waals surface area contributed by atoms with E-state index in [1.807, 2.05) is 24.3 Å². The van der Waals surface area contributed by atoms with Crippen molar-refractivity contribution in [3.05, 3.63) is 45.6 Å². The van der Waals surface area contributed by atoms with Crippen molar-refractivity contribution in [2.45, 2.75) is 6.54 Å². The third kappa shape index (κ3) is 2.68. The van der Waals surface area contributed by atoms with E-state index in [2.05, 4.69) is 16.8 Å². The van der Waals surface area contributed by atoms with Crippen molar-refractivity contribution in [3.8, 4) is 5.75 Å². The predicted octanol–water partition coefficient (Wildman–Crippen LogP) is 4.02. The Kier molecular flexibility index (Phi) is 3.70. The van der Waals surface area contributed by atoms with Gasteiger partial charge in [-0.3, -0.25) is 0 Å². The molecule has 0 spiro atoms. The molecule has 0 atom stereocenters. The minimum Gasteiger partial charge on any atom is -0.495 e. The molecule has 0 fully saturated rings. The molecule has 84 valence electrons. The Morgan fingerprint density at radius 1 is 1.38 bits per heavy atom. The number of benzene rings is 1. The van der Waals surface area contributed by atoms with Crippen LogP contribution in [0.25, 0.3) is 0 Å². The molecule has 0 saturated heterocycles. The minimum absolute atomic E-state index is 0.703. The van der Waals surface area contributed by atoms with Crippen LogP contribution in [0.4, 0.5) is 5.69 Å². The van der Waals surface area contributed by atoms with Crippen LogP contribution in [0.1, 0.15) is 4.88 Å². The van der Waals surface area contributed by atoms with Gasteiger partial charge in [-0.15, -0.1) is 11.3 Å². The highest BCUT2D eigenvalue weighted by Crippen LogP contribution is 2.28. The Morgan fingerprint density at radius 2 is 2.25 bits per heavy atom. The fourth-order valence-electron chi connectivity index (χ4n) is 1.41. The van der Waals surface area contributed by atoms with Crippen molar-refractivity contribution in [2.75, 3.05) is 12.4 Å². The van der Waals surface area contributed by atoms with Gasteiger partial charge >= 0.3 is 0 Å². The number of hydrogen-bond acceptors (Lipinski definition) is 3. The van der Waals surface area contributed by atoms with Gasteiger partial charge < -0.3 is 10.1 Å². The molecule has 1 heterocycles. The van der Waals surface area contributed by atoms with E-state index in [1.165, 1.54) is 4.88 Å². The smallest absolute Gasteiger partial charge is 0.142 e. The van der Waals surface area contributed by atoms with Crippen molar-refractivity contribution in [1.82, 2.24) is 0 Å². The van der Waals surface area contributed by atoms with Crippen LogP contribution in [0.3, 0.4) is 0 Å². The van der Waals surface area contributed by atoms with Gasteiger partial charge in [0.15, 0.2) is 0 Å². The number of hydrogen-bond donors (Lipinski definition) is 1. The van der Waals surface area contributed by atoms with E-state index in [9.17, 15) is 0 Å². The summed E-state index contributed by atoms with van der Waals surface area (Å²) >= 11 is 7.67. The molecule has 0 amide bonds. The first kappa shape index (κ1) is 11.3. The van der Waals surface area contributed by atoms with Crippen molar-refractivity contribution in [3.63, 3.8) is 0 Å². The molecule has 2 nitrogen and oxygen atoms in total. The molecule has 0 aliphatic rings. The van der Waals surface area contributed by atoms with Gasteiger partial charge in [0.1, 0.15) is 5.75 Å². The third-order valence-electron chi connectivity index (χ3n) is 2.19. The highest BCUT2D eigenvalue weighted by atomic mass is 35.5. The molecular formula is C12H12ClNOS. The average molecular weight is 254 g/mol. The van der Waals surface area contributed by atoms with Crippen LogP contribution in [0, 0.1) is 0 Å². The first-order chi connectivity index (χ1) is 7.79. The first-order valence-corrected chi connectivity index (χ1v) is 6.15. The predicted molar refractivity (Wildman–Crippen MR) is 69.6 cm³/mol. The maximum atomic E-state index is 5.94. The highest BCUT2D eigenvalue weighted by molar-refractivity contribution is 7.09. The molecular weight excluding hydrogens is 242 g/mol. The summed E-state index contributed by atoms with van der Waals surface area (Å²) in [4.78, 5) is 1.28. The molecule has 0 radical (unpaired) electrons. The van der Waals surface area contributed by atoms with Gasteiger partial charge in [0.25, 0.3) is 0 Å². The van der Waals surface area contributed by atoms with Crippen molar-refractivity contribution in [2.24, 2.45) is 0 Å². The molecule has 0 unspecified atom stereocenters. The zero-order valence-corrected chi connectivity index (χ0v) is 10.4. The van der Waals surface area contributed by atoms with Crippen LogP contribution in [0.2, 0.25) is 5.02 Å². The van der Waals surface area contributed by atoms with Gasteiger partial charge in [0, 0.05) is 16.4 Å². The van der Waals surface area contributed by atoms with E-state index < -0.39 is 0 Å². The maximum absolute atomic E-state index is 5.94. The van der Waals surface area contributed by atoms with Gasteiger partial charge in [-0.2, -0.15) is 0 Å². The Balaban J connectivity index is 2.11. The van der Waals surface area contributed by atoms with Crippen molar-refractivity contribution in [1.29, 1.82) is 0 Å². The fourth-order valence-corrected chi connectivity index (χ4v) is 2.23. The second kappa shape index (κ2) is 5.23. The van der Waals surface area contributed by atoms with Gasteiger partial charge in [0.2, 0.25) is 0 Å². The summed E-state index contributed by atoms with van der Waals surface area (Å²) in [5, 5.41) is 6.07. The summed E-state index contributed by atoms with van der Waals surface area (Å²) in [6.07, 6.45) is 0. The van der Waals surface area contributed by atoms with Crippen LogP contribution in [-0.2, 0) is 6.54 Å². The number of rotatable bonds is 4. The van der Waals surface area contributed by atoms with Crippen LogP contribution in [0.15, 0.2) is 35.7 Å². The quantitative estimate of drug-likeness (QED) is 0.889. The molecule has 0 aliphatic heterocycles. The number of methoxy groups -OCH3 is 1. The normalized spacial score (nSPS) is 10.1. The Labute approximate surface area is 104 Å². The molecule has 2 rings (SSSR count). The molecule has 16 heavy (non-hydrogen) atoms. The van der Waals surface area contributed by atoms with E-state index in [-0.39, 0.29) is 0 Å². The summed E-state index contributed by atoms with van der Waals surface area (Å²) in [5.41, 5.74) is 0.920. The second-order valence-corrected chi connectivity index (χ2v) is 4.75. The number of halogens is 1. The zero-order valence-electron chi connectivity index (χ0n) is 8.87. The lowest BCUT2D eigenvalue weighted by Gasteiger charge is -2.10. The standard InChI is InChI=1S/C12H12ClNOS/c1-15-12-5-4-9(13)7-11(12)14-8-10-3-2-6-16-10/h2-7,14H,8H2,1H3. The van der Waals surface area contributed by atoms with Crippen molar-refractivity contribution < 1.29 is 4.74 Å². The molecule has 0 aliphatic carbocycles. The highest BCUT2D eigenvalue weighted by Gasteiger charge is 2.03. The molecule has 0 saturated carbocycles. The Hall–Kier alpha value is -1.19. The van der Waals surface area contributed by atoms with Gasteiger partial charge in [-0.1, -0.05) is 17.7 Å². The van der Waals surface area contributed by atoms with E-state index in [4.69, 9.17) is 16.3 Å². The lowest BCUT2D eigenvalue weighted by molar-refractivity contribution is 0.416. The van der Waals surface area contributed by atoms with E-state index in [1.54, 1.807) is 18.4 Å². The minimum atomic E-state index is 0.703. The molecule has 0 bridgehead atoms. The van der Waals surface area contributed by atoms with E-state index in [0.29, 0.717) is 5.02 Å². The average Bonchev–Trinajstić information content (AvgIpc) is 2.79. The zero-order chi connectivity index (χ0) is 11.4. The Morgan fingerprint density at radius 3 is 2.94 bits per heavy atom. The van der Waals surface area contributed by atoms with E-state index in [0.717, 1.165) is 18.0 Å². The molecule has 1 aromatic heterocycles.